The smallest absolute Gasteiger partial charge is 0.255 e. The third-order valence-electron chi connectivity index (χ3n) is 6.47. The molecule has 1 unspecified atom stereocenters. The van der Waals surface area contributed by atoms with Gasteiger partial charge in [0.2, 0.25) is 5.95 Å². The largest absolute Gasteiger partial charge is 0.497 e. The molecule has 0 saturated heterocycles. The topological polar surface area (TPSA) is 77.4 Å². The van der Waals surface area contributed by atoms with E-state index in [4.69, 9.17) is 14.5 Å². The molecule has 178 valence electrons. The molecule has 1 atom stereocenters. The summed E-state index contributed by atoms with van der Waals surface area (Å²) in [7, 11) is 3.23. The number of carbonyl (C=O) groups is 1. The van der Waals surface area contributed by atoms with Crippen molar-refractivity contribution in [2.45, 2.75) is 26.8 Å². The summed E-state index contributed by atoms with van der Waals surface area (Å²) in [5.74, 6) is 1.79. The number of benzene rings is 3. The van der Waals surface area contributed by atoms with E-state index in [1.54, 1.807) is 14.2 Å². The minimum atomic E-state index is -0.481. The normalized spacial score (nSPS) is 14.9. The first-order chi connectivity index (χ1) is 16.9. The number of aromatic nitrogens is 2. The molecule has 3 aromatic carbocycles. The summed E-state index contributed by atoms with van der Waals surface area (Å²) in [4.78, 5) is 18.7. The number of rotatable bonds is 5. The van der Waals surface area contributed by atoms with Crippen LogP contribution in [0.1, 0.15) is 29.7 Å². The average molecular weight is 469 g/mol. The predicted molar refractivity (Wildman–Crippen MR) is 139 cm³/mol. The van der Waals surface area contributed by atoms with E-state index in [1.165, 1.54) is 0 Å². The molecule has 5 rings (SSSR count). The van der Waals surface area contributed by atoms with E-state index >= 15 is 0 Å². The van der Waals surface area contributed by atoms with Crippen LogP contribution in [0.4, 0.5) is 11.6 Å². The fourth-order valence-electron chi connectivity index (χ4n) is 4.72. The second-order valence-electron chi connectivity index (χ2n) is 8.72. The Morgan fingerprint density at radius 3 is 2.54 bits per heavy atom. The number of amides is 1. The number of carbonyl (C=O) groups excluding carboxylic acids is 1. The number of hydrogen-bond donors (Lipinski definition) is 2. The van der Waals surface area contributed by atoms with Crippen LogP contribution in [0.15, 0.2) is 66.2 Å². The average Bonchev–Trinajstić information content (AvgIpc) is 3.24. The third kappa shape index (κ3) is 3.89. The maximum Gasteiger partial charge on any atom is 0.255 e. The fraction of sp³-hybridized carbons (Fsp3) is 0.214. The second kappa shape index (κ2) is 8.83. The molecule has 7 nitrogen and oxygen atoms in total. The lowest BCUT2D eigenvalue weighted by Gasteiger charge is -2.31. The van der Waals surface area contributed by atoms with E-state index in [0.717, 1.165) is 39.1 Å². The van der Waals surface area contributed by atoms with Crippen molar-refractivity contribution in [2.24, 2.45) is 0 Å². The van der Waals surface area contributed by atoms with Crippen LogP contribution in [0.3, 0.4) is 0 Å². The van der Waals surface area contributed by atoms with Crippen molar-refractivity contribution >= 4 is 34.3 Å². The van der Waals surface area contributed by atoms with Crippen molar-refractivity contribution in [3.8, 4) is 11.5 Å². The zero-order valence-corrected chi connectivity index (χ0v) is 20.5. The van der Waals surface area contributed by atoms with Crippen LogP contribution < -0.4 is 20.1 Å². The van der Waals surface area contributed by atoms with Crippen LogP contribution in [0, 0.1) is 13.8 Å². The lowest BCUT2D eigenvalue weighted by molar-refractivity contribution is -0.113. The minimum absolute atomic E-state index is 0.187. The number of anilines is 2. The predicted octanol–water partition coefficient (Wildman–Crippen LogP) is 5.71. The van der Waals surface area contributed by atoms with Gasteiger partial charge in [-0.05, 0) is 56.7 Å². The Kier molecular flexibility index (Phi) is 5.68. The van der Waals surface area contributed by atoms with Gasteiger partial charge in [0.05, 0.1) is 36.9 Å². The van der Waals surface area contributed by atoms with Gasteiger partial charge < -0.3 is 20.1 Å². The van der Waals surface area contributed by atoms with E-state index in [1.807, 2.05) is 79.9 Å². The minimum Gasteiger partial charge on any atom is -0.497 e. The van der Waals surface area contributed by atoms with E-state index < -0.39 is 6.04 Å². The van der Waals surface area contributed by atoms with Crippen LogP contribution >= 0.6 is 0 Å². The number of allylic oxidation sites excluding steroid dienone is 1. The van der Waals surface area contributed by atoms with Crippen LogP contribution in [0.25, 0.3) is 16.7 Å². The highest BCUT2D eigenvalue weighted by molar-refractivity contribution is 6.10. The molecule has 2 heterocycles. The van der Waals surface area contributed by atoms with Crippen molar-refractivity contribution in [1.29, 1.82) is 0 Å². The van der Waals surface area contributed by atoms with E-state index in [-0.39, 0.29) is 5.91 Å². The second-order valence-corrected chi connectivity index (χ2v) is 8.72. The van der Waals surface area contributed by atoms with Gasteiger partial charge in [-0.3, -0.25) is 9.36 Å². The van der Waals surface area contributed by atoms with Crippen molar-refractivity contribution in [2.75, 3.05) is 24.9 Å². The summed E-state index contributed by atoms with van der Waals surface area (Å²) < 4.78 is 13.1. The third-order valence-corrected chi connectivity index (χ3v) is 6.47. The molecule has 35 heavy (non-hydrogen) atoms. The molecule has 4 aromatic rings. The van der Waals surface area contributed by atoms with Gasteiger partial charge in [0, 0.05) is 23.0 Å². The lowest BCUT2D eigenvalue weighted by Crippen LogP contribution is -2.30. The highest BCUT2D eigenvalue weighted by Crippen LogP contribution is 2.42. The Labute approximate surface area is 204 Å². The van der Waals surface area contributed by atoms with Gasteiger partial charge in [0.25, 0.3) is 5.91 Å². The zero-order valence-electron chi connectivity index (χ0n) is 20.5. The first kappa shape index (κ1) is 22.5. The van der Waals surface area contributed by atoms with Crippen LogP contribution in [0.2, 0.25) is 0 Å². The van der Waals surface area contributed by atoms with Crippen molar-refractivity contribution < 1.29 is 14.3 Å². The molecule has 1 aliphatic rings. The first-order valence-corrected chi connectivity index (χ1v) is 11.5. The molecular weight excluding hydrogens is 440 g/mol. The number of nitrogens with one attached hydrogen (secondary N) is 2. The Morgan fingerprint density at radius 1 is 1.00 bits per heavy atom. The maximum atomic E-state index is 13.9. The summed E-state index contributed by atoms with van der Waals surface area (Å²) in [5.41, 5.74) is 6.93. The summed E-state index contributed by atoms with van der Waals surface area (Å²) >= 11 is 0. The maximum absolute atomic E-state index is 13.9. The number of methoxy groups -OCH3 is 2. The number of aryl methyl sites for hydroxylation is 2. The number of imidazole rings is 1. The SMILES string of the molecule is COc1ccc(C2Nc3nc4ccccc4n3C(C)=C2C(=O)Nc2ccc(C)cc2C)c(OC)c1. The van der Waals surface area contributed by atoms with Gasteiger partial charge in [-0.25, -0.2) is 4.98 Å². The van der Waals surface area contributed by atoms with Gasteiger partial charge in [0.15, 0.2) is 0 Å². The summed E-state index contributed by atoms with van der Waals surface area (Å²) in [6.45, 7) is 5.99. The molecule has 0 fully saturated rings. The molecule has 0 saturated carbocycles. The summed E-state index contributed by atoms with van der Waals surface area (Å²) in [5, 5.41) is 6.63. The van der Waals surface area contributed by atoms with Crippen LogP contribution in [-0.2, 0) is 4.79 Å². The van der Waals surface area contributed by atoms with Crippen molar-refractivity contribution in [3.63, 3.8) is 0 Å². The molecule has 7 heteroatoms. The highest BCUT2D eigenvalue weighted by Gasteiger charge is 2.34. The number of fused-ring (bicyclic) bond motifs is 3. The van der Waals surface area contributed by atoms with E-state index in [0.29, 0.717) is 23.0 Å². The van der Waals surface area contributed by atoms with Gasteiger partial charge in [0.1, 0.15) is 11.5 Å². The van der Waals surface area contributed by atoms with Gasteiger partial charge in [-0.15, -0.1) is 0 Å². The van der Waals surface area contributed by atoms with Crippen LogP contribution in [0.5, 0.6) is 11.5 Å². The number of ether oxygens (including phenoxy) is 2. The fourth-order valence-corrected chi connectivity index (χ4v) is 4.72. The number of hydrogen-bond acceptors (Lipinski definition) is 5. The molecule has 0 bridgehead atoms. The summed E-state index contributed by atoms with van der Waals surface area (Å²) in [6.07, 6.45) is 0. The van der Waals surface area contributed by atoms with Gasteiger partial charge in [-0.1, -0.05) is 29.8 Å². The molecule has 0 radical (unpaired) electrons. The quantitative estimate of drug-likeness (QED) is 0.393. The standard InChI is InChI=1S/C28H28N4O3/c1-16-10-13-21(17(2)14-16)29-27(33)25-18(3)32-23-9-7-6-8-22(23)30-28(32)31-26(25)20-12-11-19(34-4)15-24(20)35-5/h6-15,26H,1-5H3,(H,29,33)(H,30,31). The van der Waals surface area contributed by atoms with Crippen molar-refractivity contribution in [3.05, 3.63) is 82.9 Å². The Balaban J connectivity index is 1.68. The summed E-state index contributed by atoms with van der Waals surface area (Å²) in [6, 6.07) is 19.0. The Hall–Kier alpha value is -4.26. The van der Waals surface area contributed by atoms with E-state index in [2.05, 4.69) is 16.7 Å². The lowest BCUT2D eigenvalue weighted by atomic mass is 9.93. The van der Waals surface area contributed by atoms with E-state index in [9.17, 15) is 4.79 Å². The molecule has 1 aromatic heterocycles. The van der Waals surface area contributed by atoms with Crippen LogP contribution in [-0.4, -0.2) is 29.7 Å². The molecule has 0 aliphatic carbocycles. The number of nitrogens with zero attached hydrogens (tertiary/aromatic N) is 2. The first-order valence-electron chi connectivity index (χ1n) is 11.5. The van der Waals surface area contributed by atoms with Crippen molar-refractivity contribution in [1.82, 2.24) is 9.55 Å². The molecular formula is C28H28N4O3. The Bertz CT molecular complexity index is 1490. The highest BCUT2D eigenvalue weighted by atomic mass is 16.5. The Morgan fingerprint density at radius 2 is 1.80 bits per heavy atom. The molecule has 0 spiro atoms. The molecule has 1 aliphatic heterocycles. The molecule has 1 amide bonds. The van der Waals surface area contributed by atoms with Gasteiger partial charge >= 0.3 is 0 Å². The monoisotopic (exact) mass is 468 g/mol. The molecule has 2 N–H and O–H groups in total. The zero-order chi connectivity index (χ0) is 24.7. The van der Waals surface area contributed by atoms with Gasteiger partial charge in [-0.2, -0.15) is 0 Å². The number of para-hydroxylation sites is 2.